The van der Waals surface area contributed by atoms with Crippen molar-refractivity contribution in [1.29, 1.82) is 0 Å². The Bertz CT molecular complexity index is 1610. The van der Waals surface area contributed by atoms with Crippen LogP contribution in [0.25, 0.3) is 16.3 Å². The van der Waals surface area contributed by atoms with Crippen LogP contribution in [0.4, 0.5) is 5.13 Å². The number of ether oxygens (including phenoxy) is 3. The molecule has 0 radical (unpaired) electrons. The summed E-state index contributed by atoms with van der Waals surface area (Å²) in [4.78, 5) is 33.1. The molecule has 1 unspecified atom stereocenters. The molecular weight excluding hydrogens is 516 g/mol. The summed E-state index contributed by atoms with van der Waals surface area (Å²) in [5.41, 5.74) is 1.98. The van der Waals surface area contributed by atoms with Crippen LogP contribution >= 0.6 is 11.3 Å². The van der Waals surface area contributed by atoms with Gasteiger partial charge in [-0.25, -0.2) is 4.98 Å². The third-order valence-corrected chi connectivity index (χ3v) is 7.31. The molecule has 198 valence electrons. The molecule has 9 heteroatoms. The lowest BCUT2D eigenvalue weighted by Crippen LogP contribution is -2.30. The second kappa shape index (κ2) is 11.0. The molecule has 0 saturated heterocycles. The maximum atomic E-state index is 13.5. The van der Waals surface area contributed by atoms with Crippen molar-refractivity contribution < 1.29 is 28.9 Å². The fraction of sp³-hybridized carbons (Fsp3) is 0.167. The molecule has 1 amide bonds. The molecule has 1 aliphatic heterocycles. The Balaban J connectivity index is 1.62. The van der Waals surface area contributed by atoms with Gasteiger partial charge in [0, 0.05) is 0 Å². The topological polar surface area (TPSA) is 98.2 Å². The largest absolute Gasteiger partial charge is 0.503 e. The zero-order chi connectivity index (χ0) is 27.5. The van der Waals surface area contributed by atoms with Gasteiger partial charge in [0.05, 0.1) is 42.7 Å². The molecule has 1 atom stereocenters. The Kier molecular flexibility index (Phi) is 7.33. The molecule has 0 bridgehead atoms. The number of carbonyl (C=O) groups is 2. The van der Waals surface area contributed by atoms with E-state index >= 15 is 0 Å². The maximum absolute atomic E-state index is 13.5. The van der Waals surface area contributed by atoms with Gasteiger partial charge in [0.2, 0.25) is 0 Å². The Morgan fingerprint density at radius 2 is 1.82 bits per heavy atom. The van der Waals surface area contributed by atoms with Gasteiger partial charge >= 0.3 is 0 Å². The molecule has 0 fully saturated rings. The van der Waals surface area contributed by atoms with Crippen LogP contribution in [0, 0.1) is 0 Å². The molecule has 4 aromatic rings. The van der Waals surface area contributed by atoms with Gasteiger partial charge in [-0.15, -0.1) is 0 Å². The molecule has 0 spiro atoms. The predicted octanol–water partition coefficient (Wildman–Crippen LogP) is 5.89. The predicted molar refractivity (Wildman–Crippen MR) is 151 cm³/mol. The first-order valence-corrected chi connectivity index (χ1v) is 13.1. The van der Waals surface area contributed by atoms with Crippen LogP contribution in [0.1, 0.15) is 24.1 Å². The minimum Gasteiger partial charge on any atom is -0.503 e. The minimum atomic E-state index is -0.947. The summed E-state index contributed by atoms with van der Waals surface area (Å²) in [7, 11) is 3.03. The van der Waals surface area contributed by atoms with Crippen LogP contribution < -0.4 is 19.1 Å². The van der Waals surface area contributed by atoms with Crippen LogP contribution in [0.15, 0.2) is 84.1 Å². The number of hydrogen-bond donors (Lipinski definition) is 1. The van der Waals surface area contributed by atoms with Crippen molar-refractivity contribution in [3.05, 3.63) is 95.3 Å². The van der Waals surface area contributed by atoms with E-state index in [0.717, 1.165) is 10.3 Å². The lowest BCUT2D eigenvalue weighted by Gasteiger charge is -2.24. The number of aromatic nitrogens is 1. The molecular formula is C30H26N2O6S. The molecule has 39 heavy (non-hydrogen) atoms. The number of carbonyl (C=O) groups excluding carboxylic acids is 2. The quantitative estimate of drug-likeness (QED) is 0.263. The zero-order valence-corrected chi connectivity index (χ0v) is 22.4. The average molecular weight is 543 g/mol. The van der Waals surface area contributed by atoms with Gasteiger partial charge in [-0.1, -0.05) is 53.8 Å². The number of hydrogen-bond acceptors (Lipinski definition) is 8. The first kappa shape index (κ1) is 26.0. The minimum absolute atomic E-state index is 0.0475. The van der Waals surface area contributed by atoms with E-state index in [1.165, 1.54) is 36.5 Å². The molecule has 5 rings (SSSR count). The number of amides is 1. The third-order valence-electron chi connectivity index (χ3n) is 6.29. The van der Waals surface area contributed by atoms with Crippen molar-refractivity contribution >= 4 is 44.5 Å². The number of allylic oxidation sites excluding steroid dienone is 1. The summed E-state index contributed by atoms with van der Waals surface area (Å²) >= 11 is 1.27. The fourth-order valence-electron chi connectivity index (χ4n) is 4.47. The highest BCUT2D eigenvalue weighted by atomic mass is 32.1. The summed E-state index contributed by atoms with van der Waals surface area (Å²) in [5.74, 6) is -0.224. The van der Waals surface area contributed by atoms with Gasteiger partial charge in [-0.3, -0.25) is 14.5 Å². The summed E-state index contributed by atoms with van der Waals surface area (Å²) in [6, 6.07) is 19.0. The zero-order valence-electron chi connectivity index (χ0n) is 21.6. The molecule has 0 aliphatic carbocycles. The van der Waals surface area contributed by atoms with Gasteiger partial charge < -0.3 is 19.3 Å². The fourth-order valence-corrected chi connectivity index (χ4v) is 5.49. The van der Waals surface area contributed by atoms with Crippen molar-refractivity contribution in [3.63, 3.8) is 0 Å². The van der Waals surface area contributed by atoms with Crippen LogP contribution in [0.3, 0.4) is 0 Å². The van der Waals surface area contributed by atoms with E-state index in [2.05, 4.69) is 4.98 Å². The molecule has 2 heterocycles. The van der Waals surface area contributed by atoms with E-state index in [4.69, 9.17) is 14.2 Å². The second-order valence-electron chi connectivity index (χ2n) is 8.62. The van der Waals surface area contributed by atoms with E-state index in [9.17, 15) is 14.7 Å². The molecule has 8 nitrogen and oxygen atoms in total. The van der Waals surface area contributed by atoms with Gasteiger partial charge in [-0.2, -0.15) is 0 Å². The van der Waals surface area contributed by atoms with Crippen LogP contribution in [0.2, 0.25) is 0 Å². The number of ketones is 1. The van der Waals surface area contributed by atoms with Crippen molar-refractivity contribution in [3.8, 4) is 17.2 Å². The number of methoxy groups -OCH3 is 2. The van der Waals surface area contributed by atoms with Gasteiger partial charge in [-0.05, 0) is 54.5 Å². The number of thiazole rings is 1. The van der Waals surface area contributed by atoms with Crippen molar-refractivity contribution in [2.45, 2.75) is 13.0 Å². The summed E-state index contributed by atoms with van der Waals surface area (Å²) in [6.07, 6.45) is 3.01. The van der Waals surface area contributed by atoms with Gasteiger partial charge in [0.25, 0.3) is 5.91 Å². The van der Waals surface area contributed by atoms with Crippen LogP contribution in [0.5, 0.6) is 17.2 Å². The van der Waals surface area contributed by atoms with Crippen LogP contribution in [-0.4, -0.2) is 42.6 Å². The van der Waals surface area contributed by atoms with Crippen molar-refractivity contribution in [2.75, 3.05) is 25.7 Å². The van der Waals surface area contributed by atoms with Crippen LogP contribution in [-0.2, 0) is 9.59 Å². The number of benzene rings is 3. The SMILES string of the molecule is CCOc1ccc2nc(N3C(=O)C(O)=C(C(=O)/C=C/c4ccccc4)C3c3ccc(OC)c(OC)c3)sc2c1. The lowest BCUT2D eigenvalue weighted by atomic mass is 9.95. The average Bonchev–Trinajstić information content (AvgIpc) is 3.49. The molecule has 0 saturated carbocycles. The highest BCUT2D eigenvalue weighted by Gasteiger charge is 2.45. The maximum Gasteiger partial charge on any atom is 0.296 e. The Hall–Kier alpha value is -4.63. The Morgan fingerprint density at radius 1 is 1.05 bits per heavy atom. The van der Waals surface area contributed by atoms with Gasteiger partial charge in [0.15, 0.2) is 28.2 Å². The summed E-state index contributed by atoms with van der Waals surface area (Å²) in [6.45, 7) is 2.42. The summed E-state index contributed by atoms with van der Waals surface area (Å²) in [5, 5.41) is 11.4. The number of nitrogens with zero attached hydrogens (tertiary/aromatic N) is 2. The Labute approximate surface area is 229 Å². The highest BCUT2D eigenvalue weighted by molar-refractivity contribution is 7.22. The number of aliphatic hydroxyl groups excluding tert-OH is 1. The highest BCUT2D eigenvalue weighted by Crippen LogP contribution is 2.45. The standard InChI is InChI=1S/C30H26N2O6S/c1-4-38-20-12-13-21-25(17-20)39-30(31-21)32-27(19-11-15-23(36-2)24(16-19)37-3)26(28(34)29(32)35)22(33)14-10-18-8-6-5-7-9-18/h5-17,27,34H,4H2,1-3H3/b14-10+. The second-order valence-corrected chi connectivity index (χ2v) is 9.63. The molecule has 1 aromatic heterocycles. The lowest BCUT2D eigenvalue weighted by molar-refractivity contribution is -0.117. The number of fused-ring (bicyclic) bond motifs is 1. The molecule has 1 N–H and O–H groups in total. The van der Waals surface area contributed by atoms with Crippen molar-refractivity contribution in [1.82, 2.24) is 4.98 Å². The number of anilines is 1. The number of aliphatic hydroxyl groups is 1. The molecule has 1 aliphatic rings. The molecule has 3 aromatic carbocycles. The van der Waals surface area contributed by atoms with E-state index in [0.29, 0.717) is 40.1 Å². The number of rotatable bonds is 9. The summed E-state index contributed by atoms with van der Waals surface area (Å²) < 4.78 is 17.3. The van der Waals surface area contributed by atoms with E-state index in [1.807, 2.05) is 55.5 Å². The van der Waals surface area contributed by atoms with Crippen molar-refractivity contribution in [2.24, 2.45) is 0 Å². The first-order valence-electron chi connectivity index (χ1n) is 12.2. The Morgan fingerprint density at radius 3 is 2.54 bits per heavy atom. The first-order chi connectivity index (χ1) is 18.9. The van der Waals surface area contributed by atoms with E-state index in [1.54, 1.807) is 24.3 Å². The van der Waals surface area contributed by atoms with E-state index in [-0.39, 0.29) is 5.57 Å². The smallest absolute Gasteiger partial charge is 0.296 e. The van der Waals surface area contributed by atoms with E-state index < -0.39 is 23.5 Å². The third kappa shape index (κ3) is 4.96. The normalized spacial score (nSPS) is 15.4. The monoisotopic (exact) mass is 542 g/mol. The van der Waals surface area contributed by atoms with Gasteiger partial charge in [0.1, 0.15) is 5.75 Å².